The molecule has 0 aliphatic heterocycles. The van der Waals surface area contributed by atoms with Crippen LogP contribution in [0.3, 0.4) is 0 Å². The van der Waals surface area contributed by atoms with Crippen molar-refractivity contribution in [1.82, 2.24) is 0 Å². The summed E-state index contributed by atoms with van der Waals surface area (Å²) in [4.78, 5) is 25.0. The molecule has 0 bridgehead atoms. The van der Waals surface area contributed by atoms with Gasteiger partial charge >= 0.3 is 0 Å². The van der Waals surface area contributed by atoms with E-state index in [4.69, 9.17) is 10.2 Å². The molecular formula is C24H34Br2N2O4. The van der Waals surface area contributed by atoms with Gasteiger partial charge in [0.05, 0.1) is 41.4 Å². The third kappa shape index (κ3) is 9.21. The van der Waals surface area contributed by atoms with Crippen molar-refractivity contribution in [1.29, 1.82) is 0 Å². The number of halogens is 2. The average Bonchev–Trinajstić information content (AvgIpc) is 2.67. The van der Waals surface area contributed by atoms with Crippen LogP contribution in [0.25, 0.3) is 11.1 Å². The Morgan fingerprint density at radius 1 is 0.625 bits per heavy atom. The number of benzene rings is 2. The maximum Gasteiger partial charge on any atom is 0.216 e. The molecule has 0 spiro atoms. The highest BCUT2D eigenvalue weighted by Crippen LogP contribution is 2.21. The number of Topliss-reactive ketones (excluding diaryl/α,β-unsaturated/α-hetero) is 2. The molecule has 0 saturated carbocycles. The predicted molar refractivity (Wildman–Crippen MR) is 118 cm³/mol. The molecule has 2 rings (SSSR count). The zero-order chi connectivity index (χ0) is 22.4. The standard InChI is InChI=1S/C24H34N2O4.2BrH/c1-25(2,13-15-27)17-23(29)21-9-5-19(6-10-21)20-7-11-22(12-8-20)24(30)18-26(3,4)14-16-28;;/h5-12,27-28H,13-18H2,1-4H3;2*1H/q+2;;/p-2. The maximum absolute atomic E-state index is 12.5. The van der Waals surface area contributed by atoms with Gasteiger partial charge < -0.3 is 53.1 Å². The summed E-state index contributed by atoms with van der Waals surface area (Å²) in [6.45, 7) is 1.84. The Kier molecular flexibility index (Phi) is 12.7. The van der Waals surface area contributed by atoms with Crippen molar-refractivity contribution in [2.45, 2.75) is 0 Å². The predicted octanol–water partition coefficient (Wildman–Crippen LogP) is -4.14. The maximum atomic E-state index is 12.5. The number of ketones is 2. The van der Waals surface area contributed by atoms with Gasteiger partial charge in [-0.25, -0.2) is 0 Å². The third-order valence-corrected chi connectivity index (χ3v) is 5.30. The van der Waals surface area contributed by atoms with Gasteiger partial charge in [-0.3, -0.25) is 9.59 Å². The highest BCUT2D eigenvalue weighted by atomic mass is 79.9. The first kappa shape index (κ1) is 30.6. The van der Waals surface area contributed by atoms with E-state index in [0.29, 0.717) is 46.3 Å². The number of aliphatic hydroxyl groups excluding tert-OH is 2. The Balaban J connectivity index is 0.00000480. The lowest BCUT2D eigenvalue weighted by Crippen LogP contribution is -3.00. The number of rotatable bonds is 11. The van der Waals surface area contributed by atoms with Crippen molar-refractivity contribution in [2.75, 3.05) is 67.6 Å². The zero-order valence-corrected chi connectivity index (χ0v) is 22.4. The van der Waals surface area contributed by atoms with Crippen LogP contribution in [0.1, 0.15) is 20.7 Å². The van der Waals surface area contributed by atoms with Crippen molar-refractivity contribution in [3.63, 3.8) is 0 Å². The summed E-state index contributed by atoms with van der Waals surface area (Å²) < 4.78 is 0.890. The van der Waals surface area contributed by atoms with Gasteiger partial charge in [0.15, 0.2) is 0 Å². The molecule has 0 heterocycles. The summed E-state index contributed by atoms with van der Waals surface area (Å²) in [6, 6.07) is 15.0. The van der Waals surface area contributed by atoms with E-state index < -0.39 is 0 Å². The number of carbonyl (C=O) groups is 2. The smallest absolute Gasteiger partial charge is 0.216 e. The molecule has 2 N–H and O–H groups in total. The van der Waals surface area contributed by atoms with Crippen LogP contribution in [0.5, 0.6) is 0 Å². The number of hydrogen-bond acceptors (Lipinski definition) is 4. The monoisotopic (exact) mass is 572 g/mol. The molecule has 32 heavy (non-hydrogen) atoms. The Bertz CT molecular complexity index is 793. The molecule has 178 valence electrons. The van der Waals surface area contributed by atoms with Crippen molar-refractivity contribution in [3.8, 4) is 11.1 Å². The lowest BCUT2D eigenvalue weighted by molar-refractivity contribution is -0.882. The first-order chi connectivity index (χ1) is 14.1. The summed E-state index contributed by atoms with van der Waals surface area (Å²) in [5.74, 6) is 0.0918. The van der Waals surface area contributed by atoms with Crippen molar-refractivity contribution in [2.24, 2.45) is 0 Å². The van der Waals surface area contributed by atoms with E-state index in [-0.39, 0.29) is 58.7 Å². The van der Waals surface area contributed by atoms with Gasteiger partial charge in [0.25, 0.3) is 0 Å². The Labute approximate surface area is 212 Å². The minimum atomic E-state index is 0. The van der Waals surface area contributed by atoms with Crippen molar-refractivity contribution in [3.05, 3.63) is 59.7 Å². The number of aliphatic hydroxyl groups is 2. The molecule has 0 saturated heterocycles. The molecule has 0 amide bonds. The second-order valence-corrected chi connectivity index (χ2v) is 9.08. The molecule has 0 aromatic heterocycles. The molecule has 6 nitrogen and oxygen atoms in total. The molecule has 2 aromatic carbocycles. The fourth-order valence-corrected chi connectivity index (χ4v) is 3.36. The van der Waals surface area contributed by atoms with E-state index >= 15 is 0 Å². The minimum absolute atomic E-state index is 0. The van der Waals surface area contributed by atoms with Crippen LogP contribution in [0.2, 0.25) is 0 Å². The second-order valence-electron chi connectivity index (χ2n) is 9.08. The first-order valence-electron chi connectivity index (χ1n) is 10.2. The van der Waals surface area contributed by atoms with E-state index in [0.717, 1.165) is 11.1 Å². The van der Waals surface area contributed by atoms with Crippen molar-refractivity contribution >= 4 is 11.6 Å². The van der Waals surface area contributed by atoms with E-state index in [1.54, 1.807) is 0 Å². The molecule has 0 atom stereocenters. The van der Waals surface area contributed by atoms with Crippen molar-refractivity contribution < 1.29 is 62.7 Å². The number of nitrogens with zero attached hydrogens (tertiary/aromatic N) is 2. The summed E-state index contributed by atoms with van der Waals surface area (Å²) >= 11 is 0. The van der Waals surface area contributed by atoms with Gasteiger partial charge in [-0.05, 0) is 11.1 Å². The summed E-state index contributed by atoms with van der Waals surface area (Å²) in [6.07, 6.45) is 0. The quantitative estimate of drug-likeness (QED) is 0.212. The van der Waals surface area contributed by atoms with E-state index in [1.165, 1.54) is 0 Å². The van der Waals surface area contributed by atoms with Crippen LogP contribution in [-0.2, 0) is 0 Å². The van der Waals surface area contributed by atoms with Gasteiger partial charge in [-0.1, -0.05) is 48.5 Å². The Hall–Kier alpha value is -1.42. The fraction of sp³-hybridized carbons (Fsp3) is 0.417. The van der Waals surface area contributed by atoms with E-state index in [1.807, 2.05) is 76.7 Å². The summed E-state index contributed by atoms with van der Waals surface area (Å²) in [7, 11) is 7.70. The van der Waals surface area contributed by atoms with Crippen LogP contribution >= 0.6 is 0 Å². The van der Waals surface area contributed by atoms with Crippen LogP contribution in [0, 0.1) is 0 Å². The lowest BCUT2D eigenvalue weighted by atomic mass is 10.00. The average molecular weight is 574 g/mol. The van der Waals surface area contributed by atoms with Gasteiger partial charge in [-0.2, -0.15) is 0 Å². The first-order valence-corrected chi connectivity index (χ1v) is 10.2. The minimum Gasteiger partial charge on any atom is -1.00 e. The third-order valence-electron chi connectivity index (χ3n) is 5.30. The van der Waals surface area contributed by atoms with E-state index in [2.05, 4.69) is 0 Å². The zero-order valence-electron chi connectivity index (χ0n) is 19.2. The number of quaternary nitrogens is 2. The van der Waals surface area contributed by atoms with Crippen LogP contribution in [0.4, 0.5) is 0 Å². The molecule has 2 aromatic rings. The summed E-state index contributed by atoms with van der Waals surface area (Å²) in [5, 5.41) is 18.2. The molecule has 0 fully saturated rings. The number of hydrogen-bond donors (Lipinski definition) is 2. The van der Waals surface area contributed by atoms with Crippen LogP contribution in [0.15, 0.2) is 48.5 Å². The van der Waals surface area contributed by atoms with Gasteiger partial charge in [0.2, 0.25) is 11.6 Å². The molecule has 8 heteroatoms. The Morgan fingerprint density at radius 2 is 0.906 bits per heavy atom. The molecular weight excluding hydrogens is 540 g/mol. The van der Waals surface area contributed by atoms with Gasteiger partial charge in [0.1, 0.15) is 26.2 Å². The molecule has 0 radical (unpaired) electrons. The fourth-order valence-electron chi connectivity index (χ4n) is 3.36. The highest BCUT2D eigenvalue weighted by molar-refractivity contribution is 5.98. The normalized spacial score (nSPS) is 11.3. The number of carbonyl (C=O) groups excluding carboxylic acids is 2. The molecule has 0 aliphatic rings. The van der Waals surface area contributed by atoms with Crippen LogP contribution < -0.4 is 34.0 Å². The van der Waals surface area contributed by atoms with Gasteiger partial charge in [-0.15, -0.1) is 0 Å². The highest BCUT2D eigenvalue weighted by Gasteiger charge is 2.21. The molecule has 0 aliphatic carbocycles. The summed E-state index contributed by atoms with van der Waals surface area (Å²) in [5.41, 5.74) is 3.26. The second kappa shape index (κ2) is 13.3. The number of likely N-dealkylation sites (N-methyl/N-ethyl adjacent to an activating group) is 2. The Morgan fingerprint density at radius 3 is 1.16 bits per heavy atom. The largest absolute Gasteiger partial charge is 1.00 e. The lowest BCUT2D eigenvalue weighted by Gasteiger charge is -2.28. The topological polar surface area (TPSA) is 74.6 Å². The molecule has 0 unspecified atom stereocenters. The van der Waals surface area contributed by atoms with E-state index in [9.17, 15) is 9.59 Å². The SMILES string of the molecule is C[N+](C)(CCO)CC(=O)c1ccc(-c2ccc(C(=O)C[N+](C)(C)CCO)cc2)cc1.[Br-].[Br-]. The van der Waals surface area contributed by atoms with Gasteiger partial charge in [0, 0.05) is 11.1 Å². The van der Waals surface area contributed by atoms with Crippen LogP contribution in [-0.4, -0.2) is 98.3 Å².